The maximum absolute atomic E-state index is 13.1. The van der Waals surface area contributed by atoms with Crippen molar-refractivity contribution in [2.45, 2.75) is 13.5 Å². The van der Waals surface area contributed by atoms with Gasteiger partial charge in [-0.2, -0.15) is 0 Å². The molecule has 1 saturated heterocycles. The molecule has 6 nitrogen and oxygen atoms in total. The molecule has 184 valence electrons. The highest BCUT2D eigenvalue weighted by Crippen LogP contribution is 2.35. The van der Waals surface area contributed by atoms with Crippen LogP contribution in [0.5, 0.6) is 11.5 Å². The predicted octanol–water partition coefficient (Wildman–Crippen LogP) is 6.61. The topological polar surface area (TPSA) is 72.9 Å². The minimum Gasteiger partial charge on any atom is -0.493 e. The molecule has 4 aromatic carbocycles. The standard InChI is InChI=1S/C30H23NO5S/c1-19-10-12-20(13-11-19)18-31-28(32)27(37-30(31)34)17-21-14-15-25(35-2)26(16-21)36-29(33)24-9-5-7-22-6-3-4-8-23(22)24/h3-17H,18H2,1-2H3/b27-17-. The van der Waals surface area contributed by atoms with Crippen LogP contribution in [0.25, 0.3) is 16.8 Å². The minimum absolute atomic E-state index is 0.207. The molecule has 1 aliphatic rings. The number of amides is 2. The number of rotatable bonds is 6. The molecule has 4 aromatic rings. The van der Waals surface area contributed by atoms with Crippen molar-refractivity contribution < 1.29 is 23.9 Å². The number of ether oxygens (including phenoxy) is 2. The average molecular weight is 510 g/mol. The zero-order chi connectivity index (χ0) is 25.9. The quantitative estimate of drug-likeness (QED) is 0.165. The van der Waals surface area contributed by atoms with E-state index in [-0.39, 0.29) is 23.4 Å². The fourth-order valence-electron chi connectivity index (χ4n) is 4.08. The van der Waals surface area contributed by atoms with Gasteiger partial charge in [-0.15, -0.1) is 0 Å². The molecule has 0 radical (unpaired) electrons. The van der Waals surface area contributed by atoms with Crippen LogP contribution in [-0.4, -0.2) is 29.1 Å². The van der Waals surface area contributed by atoms with Crippen LogP contribution in [0.4, 0.5) is 4.79 Å². The van der Waals surface area contributed by atoms with Gasteiger partial charge in [-0.25, -0.2) is 4.79 Å². The lowest BCUT2D eigenvalue weighted by Gasteiger charge is -2.12. The van der Waals surface area contributed by atoms with Gasteiger partial charge in [0.25, 0.3) is 11.1 Å². The number of hydrogen-bond donors (Lipinski definition) is 0. The Balaban J connectivity index is 1.39. The summed E-state index contributed by atoms with van der Waals surface area (Å²) in [5.74, 6) is -0.294. The number of benzene rings is 4. The molecule has 0 aromatic heterocycles. The number of carbonyl (C=O) groups excluding carboxylic acids is 3. The Labute approximate surface area is 218 Å². The predicted molar refractivity (Wildman–Crippen MR) is 145 cm³/mol. The molecule has 1 aliphatic heterocycles. The van der Waals surface area contributed by atoms with E-state index in [4.69, 9.17) is 9.47 Å². The molecule has 2 amide bonds. The molecule has 0 N–H and O–H groups in total. The summed E-state index contributed by atoms with van der Waals surface area (Å²) in [7, 11) is 1.49. The van der Waals surface area contributed by atoms with Crippen LogP contribution < -0.4 is 9.47 Å². The third-order valence-corrected chi connectivity index (χ3v) is 6.94. The molecule has 0 atom stereocenters. The summed E-state index contributed by atoms with van der Waals surface area (Å²) in [4.78, 5) is 40.2. The van der Waals surface area contributed by atoms with E-state index in [0.29, 0.717) is 21.8 Å². The number of carbonyl (C=O) groups is 3. The van der Waals surface area contributed by atoms with Gasteiger partial charge in [-0.3, -0.25) is 14.5 Å². The van der Waals surface area contributed by atoms with Crippen molar-refractivity contribution in [1.82, 2.24) is 4.90 Å². The lowest BCUT2D eigenvalue weighted by molar-refractivity contribution is -0.123. The van der Waals surface area contributed by atoms with Gasteiger partial charge in [0.15, 0.2) is 11.5 Å². The third kappa shape index (κ3) is 5.13. The zero-order valence-electron chi connectivity index (χ0n) is 20.3. The van der Waals surface area contributed by atoms with Crippen LogP contribution in [0.3, 0.4) is 0 Å². The van der Waals surface area contributed by atoms with Crippen LogP contribution in [0.2, 0.25) is 0 Å². The van der Waals surface area contributed by atoms with Crippen molar-refractivity contribution in [1.29, 1.82) is 0 Å². The number of thioether (sulfide) groups is 1. The molecule has 1 fully saturated rings. The number of methoxy groups -OCH3 is 1. The highest BCUT2D eigenvalue weighted by atomic mass is 32.2. The SMILES string of the molecule is COc1ccc(/C=C2\SC(=O)N(Cc3ccc(C)cc3)C2=O)cc1OC(=O)c1cccc2ccccc12. The van der Waals surface area contributed by atoms with E-state index in [0.717, 1.165) is 33.7 Å². The van der Waals surface area contributed by atoms with Gasteiger partial charge in [0.05, 0.1) is 24.1 Å². The molecule has 0 aliphatic carbocycles. The molecule has 0 saturated carbocycles. The van der Waals surface area contributed by atoms with E-state index in [1.54, 1.807) is 36.4 Å². The fourth-order valence-corrected chi connectivity index (χ4v) is 4.92. The van der Waals surface area contributed by atoms with Gasteiger partial charge >= 0.3 is 5.97 Å². The number of imide groups is 1. The van der Waals surface area contributed by atoms with Crippen molar-refractivity contribution in [2.24, 2.45) is 0 Å². The summed E-state index contributed by atoms with van der Waals surface area (Å²) < 4.78 is 11.1. The summed E-state index contributed by atoms with van der Waals surface area (Å²) in [6.07, 6.45) is 1.62. The lowest BCUT2D eigenvalue weighted by atomic mass is 10.0. The second-order valence-corrected chi connectivity index (χ2v) is 9.57. The van der Waals surface area contributed by atoms with Gasteiger partial charge in [0.2, 0.25) is 0 Å². The maximum atomic E-state index is 13.1. The Kier molecular flexibility index (Phi) is 6.79. The van der Waals surface area contributed by atoms with Crippen molar-refractivity contribution in [2.75, 3.05) is 7.11 Å². The van der Waals surface area contributed by atoms with Crippen LogP contribution in [-0.2, 0) is 11.3 Å². The van der Waals surface area contributed by atoms with Crippen molar-refractivity contribution in [3.8, 4) is 11.5 Å². The van der Waals surface area contributed by atoms with Crippen molar-refractivity contribution in [3.63, 3.8) is 0 Å². The molecule has 0 unspecified atom stereocenters. The van der Waals surface area contributed by atoms with Crippen molar-refractivity contribution in [3.05, 3.63) is 112 Å². The van der Waals surface area contributed by atoms with E-state index in [9.17, 15) is 14.4 Å². The van der Waals surface area contributed by atoms with E-state index >= 15 is 0 Å². The molecular weight excluding hydrogens is 486 g/mol. The van der Waals surface area contributed by atoms with Gasteiger partial charge in [-0.1, -0.05) is 72.3 Å². The van der Waals surface area contributed by atoms with E-state index in [1.807, 2.05) is 61.5 Å². The van der Waals surface area contributed by atoms with E-state index < -0.39 is 5.97 Å². The number of hydrogen-bond acceptors (Lipinski definition) is 6. The summed E-state index contributed by atoms with van der Waals surface area (Å²) in [6, 6.07) is 25.7. The molecule has 1 heterocycles. The second-order valence-electron chi connectivity index (χ2n) is 8.58. The molecule has 37 heavy (non-hydrogen) atoms. The Morgan fingerprint density at radius 2 is 1.68 bits per heavy atom. The van der Waals surface area contributed by atoms with E-state index in [1.165, 1.54) is 12.0 Å². The Morgan fingerprint density at radius 3 is 2.46 bits per heavy atom. The third-order valence-electron chi connectivity index (χ3n) is 6.03. The minimum atomic E-state index is -0.523. The van der Waals surface area contributed by atoms with Gasteiger partial charge < -0.3 is 9.47 Å². The second kappa shape index (κ2) is 10.3. The molecule has 5 rings (SSSR count). The number of fused-ring (bicyclic) bond motifs is 1. The van der Waals surface area contributed by atoms with E-state index in [2.05, 4.69) is 0 Å². The zero-order valence-corrected chi connectivity index (χ0v) is 21.1. The van der Waals surface area contributed by atoms with Crippen LogP contribution in [0.1, 0.15) is 27.0 Å². The monoisotopic (exact) mass is 509 g/mol. The Morgan fingerprint density at radius 1 is 0.919 bits per heavy atom. The first-order chi connectivity index (χ1) is 17.9. The largest absolute Gasteiger partial charge is 0.493 e. The van der Waals surface area contributed by atoms with Crippen LogP contribution in [0, 0.1) is 6.92 Å². The summed E-state index contributed by atoms with van der Waals surface area (Å²) in [5.41, 5.74) is 3.01. The number of aryl methyl sites for hydroxylation is 1. The first-order valence-electron chi connectivity index (χ1n) is 11.6. The summed E-state index contributed by atoms with van der Waals surface area (Å²) >= 11 is 0.887. The maximum Gasteiger partial charge on any atom is 0.344 e. The lowest BCUT2D eigenvalue weighted by Crippen LogP contribution is -2.27. The van der Waals surface area contributed by atoms with Crippen molar-refractivity contribution >= 4 is 45.7 Å². The first-order valence-corrected chi connectivity index (χ1v) is 12.4. The molecule has 0 bridgehead atoms. The number of nitrogens with zero attached hydrogens (tertiary/aromatic N) is 1. The highest BCUT2D eigenvalue weighted by Gasteiger charge is 2.35. The normalized spacial score (nSPS) is 14.4. The molecular formula is C30H23NO5S. The number of esters is 1. The molecule has 0 spiro atoms. The van der Waals surface area contributed by atoms with Crippen LogP contribution >= 0.6 is 11.8 Å². The van der Waals surface area contributed by atoms with Gasteiger partial charge in [0, 0.05) is 0 Å². The summed E-state index contributed by atoms with van der Waals surface area (Å²) in [5, 5.41) is 1.39. The smallest absolute Gasteiger partial charge is 0.344 e. The average Bonchev–Trinajstić information content (AvgIpc) is 3.17. The molecule has 7 heteroatoms. The Bertz CT molecular complexity index is 1550. The summed E-state index contributed by atoms with van der Waals surface area (Å²) in [6.45, 7) is 2.19. The fraction of sp³-hybridized carbons (Fsp3) is 0.100. The van der Waals surface area contributed by atoms with Gasteiger partial charge in [0.1, 0.15) is 0 Å². The first kappa shape index (κ1) is 24.3. The van der Waals surface area contributed by atoms with Gasteiger partial charge in [-0.05, 0) is 64.9 Å². The Hall–Kier alpha value is -4.36. The highest BCUT2D eigenvalue weighted by molar-refractivity contribution is 8.18. The van der Waals surface area contributed by atoms with Crippen LogP contribution in [0.15, 0.2) is 89.8 Å².